The van der Waals surface area contributed by atoms with Crippen molar-refractivity contribution in [1.82, 2.24) is 4.90 Å². The molecule has 2 aromatic rings. The molecule has 1 heterocycles. The summed E-state index contributed by atoms with van der Waals surface area (Å²) in [5, 5.41) is 12.2. The highest BCUT2D eigenvalue weighted by Crippen LogP contribution is 2.20. The Morgan fingerprint density at radius 2 is 1.55 bits per heavy atom. The second-order valence-electron chi connectivity index (χ2n) is 5.29. The van der Waals surface area contributed by atoms with Gasteiger partial charge in [-0.25, -0.2) is 4.79 Å². The second-order valence-corrected chi connectivity index (χ2v) is 5.29. The average molecular weight is 297 g/mol. The molecular formula is C17H19N3O2. The minimum Gasteiger partial charge on any atom is -0.508 e. The summed E-state index contributed by atoms with van der Waals surface area (Å²) in [6, 6.07) is 16.6. The summed E-state index contributed by atoms with van der Waals surface area (Å²) >= 11 is 0. The lowest BCUT2D eigenvalue weighted by atomic mass is 10.2. The van der Waals surface area contributed by atoms with E-state index in [0.29, 0.717) is 13.1 Å². The van der Waals surface area contributed by atoms with E-state index in [1.807, 2.05) is 47.4 Å². The van der Waals surface area contributed by atoms with Gasteiger partial charge in [0.25, 0.3) is 0 Å². The maximum absolute atomic E-state index is 12.2. The number of amides is 2. The third kappa shape index (κ3) is 3.31. The van der Waals surface area contributed by atoms with E-state index in [1.165, 1.54) is 0 Å². The Morgan fingerprint density at radius 3 is 2.18 bits per heavy atom. The number of piperazine rings is 1. The van der Waals surface area contributed by atoms with Crippen LogP contribution in [0.4, 0.5) is 16.2 Å². The quantitative estimate of drug-likeness (QED) is 0.896. The molecule has 1 aliphatic heterocycles. The van der Waals surface area contributed by atoms with Crippen molar-refractivity contribution in [3.63, 3.8) is 0 Å². The fourth-order valence-corrected chi connectivity index (χ4v) is 2.56. The zero-order chi connectivity index (χ0) is 15.4. The standard InChI is InChI=1S/C17H19N3O2/c21-16-8-6-15(7-9-16)19-10-12-20(13-11-19)17(22)18-14-4-2-1-3-5-14/h1-9,21H,10-13H2,(H,18,22). The number of hydrogen-bond acceptors (Lipinski definition) is 3. The lowest BCUT2D eigenvalue weighted by Crippen LogP contribution is -2.50. The lowest BCUT2D eigenvalue weighted by molar-refractivity contribution is 0.208. The van der Waals surface area contributed by atoms with Crippen LogP contribution >= 0.6 is 0 Å². The summed E-state index contributed by atoms with van der Waals surface area (Å²) in [6.07, 6.45) is 0. The molecule has 0 spiro atoms. The molecule has 0 aromatic heterocycles. The Hall–Kier alpha value is -2.69. The molecule has 0 atom stereocenters. The lowest BCUT2D eigenvalue weighted by Gasteiger charge is -2.36. The van der Waals surface area contributed by atoms with Crippen LogP contribution in [0.3, 0.4) is 0 Å². The molecule has 0 saturated carbocycles. The van der Waals surface area contributed by atoms with Gasteiger partial charge >= 0.3 is 6.03 Å². The van der Waals surface area contributed by atoms with Gasteiger partial charge in [0.15, 0.2) is 0 Å². The molecule has 0 bridgehead atoms. The van der Waals surface area contributed by atoms with Crippen LogP contribution in [0.25, 0.3) is 0 Å². The van der Waals surface area contributed by atoms with Crippen LogP contribution < -0.4 is 10.2 Å². The van der Waals surface area contributed by atoms with Gasteiger partial charge in [-0.2, -0.15) is 0 Å². The summed E-state index contributed by atoms with van der Waals surface area (Å²) in [4.78, 5) is 16.3. The van der Waals surface area contributed by atoms with Gasteiger partial charge in [0.2, 0.25) is 0 Å². The molecule has 2 N–H and O–H groups in total. The van der Waals surface area contributed by atoms with E-state index in [4.69, 9.17) is 0 Å². The van der Waals surface area contributed by atoms with Crippen LogP contribution in [0.15, 0.2) is 54.6 Å². The van der Waals surface area contributed by atoms with Gasteiger partial charge in [-0.05, 0) is 36.4 Å². The largest absolute Gasteiger partial charge is 0.508 e. The van der Waals surface area contributed by atoms with Gasteiger partial charge in [-0.3, -0.25) is 0 Å². The molecule has 22 heavy (non-hydrogen) atoms. The average Bonchev–Trinajstić information content (AvgIpc) is 2.57. The van der Waals surface area contributed by atoms with Gasteiger partial charge in [0, 0.05) is 37.6 Å². The summed E-state index contributed by atoms with van der Waals surface area (Å²) in [6.45, 7) is 2.93. The molecule has 3 rings (SSSR count). The number of carbonyl (C=O) groups is 1. The number of carbonyl (C=O) groups excluding carboxylic acids is 1. The Bertz CT molecular complexity index is 620. The Morgan fingerprint density at radius 1 is 0.909 bits per heavy atom. The number of para-hydroxylation sites is 1. The van der Waals surface area contributed by atoms with E-state index in [9.17, 15) is 9.90 Å². The van der Waals surface area contributed by atoms with Gasteiger partial charge in [0.05, 0.1) is 0 Å². The number of hydrogen-bond donors (Lipinski definition) is 2. The van der Waals surface area contributed by atoms with Crippen molar-refractivity contribution in [2.24, 2.45) is 0 Å². The minimum atomic E-state index is -0.0587. The Kier molecular flexibility index (Phi) is 4.14. The topological polar surface area (TPSA) is 55.8 Å². The van der Waals surface area contributed by atoms with Gasteiger partial charge in [0.1, 0.15) is 5.75 Å². The van der Waals surface area contributed by atoms with Crippen molar-refractivity contribution >= 4 is 17.4 Å². The van der Waals surface area contributed by atoms with Gasteiger partial charge in [-0.15, -0.1) is 0 Å². The highest BCUT2D eigenvalue weighted by atomic mass is 16.3. The number of phenolic OH excluding ortho intramolecular Hbond substituents is 1. The predicted molar refractivity (Wildman–Crippen MR) is 87.4 cm³/mol. The first-order valence-corrected chi connectivity index (χ1v) is 7.37. The summed E-state index contributed by atoms with van der Waals surface area (Å²) < 4.78 is 0. The molecule has 5 heteroatoms. The van der Waals surface area contributed by atoms with E-state index in [1.54, 1.807) is 12.1 Å². The first-order chi connectivity index (χ1) is 10.7. The third-order valence-corrected chi connectivity index (χ3v) is 3.81. The number of nitrogens with one attached hydrogen (secondary N) is 1. The molecule has 5 nitrogen and oxygen atoms in total. The fraction of sp³-hybridized carbons (Fsp3) is 0.235. The van der Waals surface area contributed by atoms with Crippen LogP contribution in [0.5, 0.6) is 5.75 Å². The van der Waals surface area contributed by atoms with Crippen LogP contribution in [0.2, 0.25) is 0 Å². The van der Waals surface area contributed by atoms with Crippen molar-refractivity contribution < 1.29 is 9.90 Å². The van der Waals surface area contributed by atoms with E-state index in [-0.39, 0.29) is 11.8 Å². The summed E-state index contributed by atoms with van der Waals surface area (Å²) in [7, 11) is 0. The molecule has 2 aromatic carbocycles. The number of urea groups is 1. The zero-order valence-corrected chi connectivity index (χ0v) is 12.3. The van der Waals surface area contributed by atoms with Crippen molar-refractivity contribution in [2.75, 3.05) is 36.4 Å². The highest BCUT2D eigenvalue weighted by molar-refractivity contribution is 5.89. The molecule has 1 aliphatic rings. The highest BCUT2D eigenvalue weighted by Gasteiger charge is 2.21. The molecule has 2 amide bonds. The first-order valence-electron chi connectivity index (χ1n) is 7.37. The van der Waals surface area contributed by atoms with Crippen molar-refractivity contribution in [1.29, 1.82) is 0 Å². The zero-order valence-electron chi connectivity index (χ0n) is 12.3. The molecule has 0 radical (unpaired) electrons. The van der Waals surface area contributed by atoms with Crippen molar-refractivity contribution in [3.8, 4) is 5.75 Å². The number of rotatable bonds is 2. The SMILES string of the molecule is O=C(Nc1ccccc1)N1CCN(c2ccc(O)cc2)CC1. The van der Waals surface area contributed by atoms with Crippen molar-refractivity contribution in [3.05, 3.63) is 54.6 Å². The first kappa shape index (κ1) is 14.3. The molecule has 1 fully saturated rings. The van der Waals surface area contributed by atoms with Crippen LogP contribution in [0, 0.1) is 0 Å². The molecule has 114 valence electrons. The van der Waals surface area contributed by atoms with E-state index < -0.39 is 0 Å². The number of aromatic hydroxyl groups is 1. The summed E-state index contributed by atoms with van der Waals surface area (Å²) in [5.74, 6) is 0.268. The van der Waals surface area contributed by atoms with E-state index in [2.05, 4.69) is 10.2 Å². The van der Waals surface area contributed by atoms with Crippen molar-refractivity contribution in [2.45, 2.75) is 0 Å². The van der Waals surface area contributed by atoms with Crippen LogP contribution in [-0.4, -0.2) is 42.2 Å². The number of benzene rings is 2. The monoisotopic (exact) mass is 297 g/mol. The van der Waals surface area contributed by atoms with Gasteiger partial charge in [-0.1, -0.05) is 18.2 Å². The normalized spacial score (nSPS) is 14.7. The van der Waals surface area contributed by atoms with Crippen LogP contribution in [0.1, 0.15) is 0 Å². The number of nitrogens with zero attached hydrogens (tertiary/aromatic N) is 2. The summed E-state index contributed by atoms with van der Waals surface area (Å²) in [5.41, 5.74) is 1.88. The number of phenols is 1. The molecular weight excluding hydrogens is 278 g/mol. The Balaban J connectivity index is 1.55. The fourth-order valence-electron chi connectivity index (χ4n) is 2.56. The third-order valence-electron chi connectivity index (χ3n) is 3.81. The smallest absolute Gasteiger partial charge is 0.321 e. The maximum Gasteiger partial charge on any atom is 0.321 e. The maximum atomic E-state index is 12.2. The van der Waals surface area contributed by atoms with Gasteiger partial charge < -0.3 is 20.2 Å². The minimum absolute atomic E-state index is 0.0587. The molecule has 0 aliphatic carbocycles. The van der Waals surface area contributed by atoms with E-state index >= 15 is 0 Å². The second kappa shape index (κ2) is 6.39. The number of anilines is 2. The molecule has 0 unspecified atom stereocenters. The van der Waals surface area contributed by atoms with Crippen LogP contribution in [-0.2, 0) is 0 Å². The predicted octanol–water partition coefficient (Wildman–Crippen LogP) is 2.75. The Labute approximate surface area is 129 Å². The van der Waals surface area contributed by atoms with E-state index in [0.717, 1.165) is 24.5 Å². The molecule has 1 saturated heterocycles.